The maximum Gasteiger partial charge on any atom is 0.416 e. The summed E-state index contributed by atoms with van der Waals surface area (Å²) in [5.41, 5.74) is -1.57. The summed E-state index contributed by atoms with van der Waals surface area (Å²) in [5.74, 6) is -0.172. The number of nitrogens with zero attached hydrogens (tertiary/aromatic N) is 1. The van der Waals surface area contributed by atoms with Crippen molar-refractivity contribution < 1.29 is 31.1 Å². The van der Waals surface area contributed by atoms with E-state index in [1.165, 1.54) is 0 Å². The van der Waals surface area contributed by atoms with Crippen molar-refractivity contribution in [1.29, 1.82) is 0 Å². The molecule has 1 fully saturated rings. The highest BCUT2D eigenvalue weighted by Crippen LogP contribution is 2.41. The predicted octanol–water partition coefficient (Wildman–Crippen LogP) is 5.70. The van der Waals surface area contributed by atoms with Crippen LogP contribution in [0.4, 0.5) is 26.3 Å². The van der Waals surface area contributed by atoms with Gasteiger partial charge in [0.1, 0.15) is 0 Å². The molecule has 0 spiro atoms. The fourth-order valence-electron chi connectivity index (χ4n) is 4.88. The van der Waals surface area contributed by atoms with E-state index < -0.39 is 29.6 Å². The minimum atomic E-state index is -4.91. The number of ether oxygens (including phenoxy) is 1. The Labute approximate surface area is 203 Å². The number of benzene rings is 2. The Kier molecular flexibility index (Phi) is 7.33. The molecule has 0 saturated heterocycles. The molecule has 0 amide bonds. The lowest BCUT2D eigenvalue weighted by Gasteiger charge is -2.32. The van der Waals surface area contributed by atoms with Crippen LogP contribution in [0, 0.1) is 0 Å². The van der Waals surface area contributed by atoms with Gasteiger partial charge in [-0.3, -0.25) is 4.90 Å². The SMILES string of the molecule is CN(Cc1c[nH]c(=O)[nH]1)[C@@H]1CC[C@H](OCc2cc(C(F)(F)F)cc(C(F)(F)F)c2)[C@H]1c1ccccc1. The molecular formula is C25H25F6N3O2. The van der Waals surface area contributed by atoms with E-state index in [2.05, 4.69) is 14.9 Å². The van der Waals surface area contributed by atoms with Crippen LogP contribution in [-0.4, -0.2) is 34.1 Å². The van der Waals surface area contributed by atoms with Gasteiger partial charge in [0, 0.05) is 30.4 Å². The second-order valence-corrected chi connectivity index (χ2v) is 9.03. The quantitative estimate of drug-likeness (QED) is 0.399. The van der Waals surface area contributed by atoms with E-state index in [0.29, 0.717) is 37.2 Å². The lowest BCUT2D eigenvalue weighted by molar-refractivity contribution is -0.143. The van der Waals surface area contributed by atoms with Gasteiger partial charge in [-0.1, -0.05) is 30.3 Å². The van der Waals surface area contributed by atoms with E-state index in [-0.39, 0.29) is 35.9 Å². The third-order valence-corrected chi connectivity index (χ3v) is 6.50. The number of aromatic nitrogens is 2. The molecule has 3 atom stereocenters. The van der Waals surface area contributed by atoms with Crippen molar-refractivity contribution in [3.05, 3.63) is 93.2 Å². The Morgan fingerprint density at radius 1 is 0.972 bits per heavy atom. The molecule has 36 heavy (non-hydrogen) atoms. The van der Waals surface area contributed by atoms with Crippen molar-refractivity contribution in [3.8, 4) is 0 Å². The minimum Gasteiger partial charge on any atom is -0.373 e. The smallest absolute Gasteiger partial charge is 0.373 e. The van der Waals surface area contributed by atoms with Crippen LogP contribution < -0.4 is 5.69 Å². The topological polar surface area (TPSA) is 61.1 Å². The molecule has 1 aliphatic rings. The molecule has 194 valence electrons. The summed E-state index contributed by atoms with van der Waals surface area (Å²) in [6, 6.07) is 10.9. The first-order valence-corrected chi connectivity index (χ1v) is 11.3. The van der Waals surface area contributed by atoms with E-state index in [1.54, 1.807) is 6.20 Å². The highest BCUT2D eigenvalue weighted by atomic mass is 19.4. The normalized spacial score (nSPS) is 20.8. The van der Waals surface area contributed by atoms with Crippen LogP contribution >= 0.6 is 0 Å². The number of alkyl halides is 6. The summed E-state index contributed by atoms with van der Waals surface area (Å²) in [4.78, 5) is 18.8. The molecule has 2 N–H and O–H groups in total. The molecule has 0 radical (unpaired) electrons. The molecular weight excluding hydrogens is 488 g/mol. The van der Waals surface area contributed by atoms with Gasteiger partial charge in [-0.25, -0.2) is 4.79 Å². The van der Waals surface area contributed by atoms with Gasteiger partial charge >= 0.3 is 18.0 Å². The zero-order chi connectivity index (χ0) is 26.1. The van der Waals surface area contributed by atoms with Gasteiger partial charge in [0.2, 0.25) is 0 Å². The number of imidazole rings is 1. The van der Waals surface area contributed by atoms with Gasteiger partial charge in [-0.15, -0.1) is 0 Å². The molecule has 5 nitrogen and oxygen atoms in total. The standard InChI is InChI=1S/C25H25F6N3O2/c1-34(13-19-12-32-23(35)33-19)20-7-8-21(22(20)16-5-3-2-4-6-16)36-14-15-9-17(24(26,27)28)11-18(10-15)25(29,30)31/h2-6,9-12,20-22H,7-8,13-14H2,1H3,(H2,32,33,35)/t20-,21+,22+/m1/s1. The van der Waals surface area contributed by atoms with Crippen molar-refractivity contribution in [1.82, 2.24) is 14.9 Å². The second kappa shape index (κ2) is 10.1. The van der Waals surface area contributed by atoms with Crippen LogP contribution in [0.3, 0.4) is 0 Å². The lowest BCUT2D eigenvalue weighted by atomic mass is 9.91. The van der Waals surface area contributed by atoms with Crippen molar-refractivity contribution in [2.75, 3.05) is 7.05 Å². The first kappa shape index (κ1) is 26.0. The van der Waals surface area contributed by atoms with Gasteiger partial charge < -0.3 is 14.7 Å². The Bertz CT molecular complexity index is 1190. The number of halogens is 6. The third-order valence-electron chi connectivity index (χ3n) is 6.50. The van der Waals surface area contributed by atoms with Crippen LogP contribution in [0.2, 0.25) is 0 Å². The monoisotopic (exact) mass is 513 g/mol. The average molecular weight is 513 g/mol. The Morgan fingerprint density at radius 2 is 1.61 bits per heavy atom. The fourth-order valence-corrected chi connectivity index (χ4v) is 4.88. The number of rotatable bonds is 7. The number of nitrogens with one attached hydrogen (secondary N) is 2. The van der Waals surface area contributed by atoms with Crippen molar-refractivity contribution >= 4 is 0 Å². The summed E-state index contributed by atoms with van der Waals surface area (Å²) < 4.78 is 85.5. The maximum atomic E-state index is 13.2. The van der Waals surface area contributed by atoms with Gasteiger partial charge in [0.05, 0.1) is 23.8 Å². The van der Waals surface area contributed by atoms with Crippen LogP contribution in [0.15, 0.2) is 59.5 Å². The summed E-state index contributed by atoms with van der Waals surface area (Å²) in [6.45, 7) is 0.0601. The first-order chi connectivity index (χ1) is 16.9. The molecule has 3 aromatic rings. The van der Waals surface area contributed by atoms with Gasteiger partial charge in [0.15, 0.2) is 0 Å². The number of hydrogen-bond donors (Lipinski definition) is 2. The highest BCUT2D eigenvalue weighted by molar-refractivity contribution is 5.33. The van der Waals surface area contributed by atoms with Gasteiger partial charge in [-0.05, 0) is 49.2 Å². The van der Waals surface area contributed by atoms with Crippen LogP contribution in [0.25, 0.3) is 0 Å². The minimum absolute atomic E-state index is 0.0250. The molecule has 1 heterocycles. The zero-order valence-electron chi connectivity index (χ0n) is 19.3. The molecule has 1 aromatic heterocycles. The summed E-state index contributed by atoms with van der Waals surface area (Å²) in [6.07, 6.45) is -7.39. The van der Waals surface area contributed by atoms with E-state index in [4.69, 9.17) is 4.74 Å². The van der Waals surface area contributed by atoms with E-state index in [9.17, 15) is 31.1 Å². The maximum absolute atomic E-state index is 13.2. The molecule has 0 unspecified atom stereocenters. The molecule has 11 heteroatoms. The zero-order valence-corrected chi connectivity index (χ0v) is 19.3. The number of aromatic amines is 2. The summed E-state index contributed by atoms with van der Waals surface area (Å²) >= 11 is 0. The number of hydrogen-bond acceptors (Lipinski definition) is 3. The second-order valence-electron chi connectivity index (χ2n) is 9.03. The van der Waals surface area contributed by atoms with Crippen LogP contribution in [0.1, 0.15) is 46.7 Å². The van der Waals surface area contributed by atoms with E-state index in [0.717, 1.165) is 5.56 Å². The molecule has 1 aliphatic carbocycles. The first-order valence-electron chi connectivity index (χ1n) is 11.3. The molecule has 1 saturated carbocycles. The summed E-state index contributed by atoms with van der Waals surface area (Å²) in [7, 11) is 1.90. The van der Waals surface area contributed by atoms with Crippen molar-refractivity contribution in [3.63, 3.8) is 0 Å². The number of likely N-dealkylation sites (N-methyl/N-ethyl adjacent to an activating group) is 1. The predicted molar refractivity (Wildman–Crippen MR) is 120 cm³/mol. The average Bonchev–Trinajstić information content (AvgIpc) is 3.42. The Morgan fingerprint density at radius 3 is 2.17 bits per heavy atom. The molecule has 2 aromatic carbocycles. The lowest BCUT2D eigenvalue weighted by Crippen LogP contribution is -2.36. The highest BCUT2D eigenvalue weighted by Gasteiger charge is 2.41. The number of H-pyrrole nitrogens is 2. The van der Waals surface area contributed by atoms with Crippen LogP contribution in [0.5, 0.6) is 0 Å². The van der Waals surface area contributed by atoms with Crippen molar-refractivity contribution in [2.45, 2.75) is 56.4 Å². The summed E-state index contributed by atoms with van der Waals surface area (Å²) in [5, 5.41) is 0. The largest absolute Gasteiger partial charge is 0.416 e. The van der Waals surface area contributed by atoms with Crippen molar-refractivity contribution in [2.24, 2.45) is 0 Å². The third kappa shape index (κ3) is 6.01. The molecule has 4 rings (SSSR count). The van der Waals surface area contributed by atoms with Crippen LogP contribution in [-0.2, 0) is 30.2 Å². The molecule has 0 bridgehead atoms. The fraction of sp³-hybridized carbons (Fsp3) is 0.400. The van der Waals surface area contributed by atoms with Gasteiger partial charge in [0.25, 0.3) is 0 Å². The Hall–Kier alpha value is -3.05. The van der Waals surface area contributed by atoms with Gasteiger partial charge in [-0.2, -0.15) is 26.3 Å². The Balaban J connectivity index is 1.56. The van der Waals surface area contributed by atoms with E-state index in [1.807, 2.05) is 37.4 Å². The molecule has 0 aliphatic heterocycles. The van der Waals surface area contributed by atoms with E-state index >= 15 is 0 Å².